The van der Waals surface area contributed by atoms with Crippen molar-refractivity contribution in [3.8, 4) is 0 Å². The molecule has 0 fully saturated rings. The largest absolute Gasteiger partial charge is 0.404 e. The Balaban J connectivity index is 2.41. The van der Waals surface area contributed by atoms with Crippen molar-refractivity contribution in [2.45, 2.75) is 26.9 Å². The third kappa shape index (κ3) is 6.41. The van der Waals surface area contributed by atoms with Crippen molar-refractivity contribution in [2.75, 3.05) is 28.5 Å². The van der Waals surface area contributed by atoms with Crippen molar-refractivity contribution >= 4 is 43.7 Å². The van der Waals surface area contributed by atoms with E-state index in [0.29, 0.717) is 24.6 Å². The molecule has 1 N–H and O–H groups in total. The number of hydrogen-bond acceptors (Lipinski definition) is 8. The smallest absolute Gasteiger partial charge is 0.372 e. The second-order valence-electron chi connectivity index (χ2n) is 5.67. The van der Waals surface area contributed by atoms with Gasteiger partial charge in [0.15, 0.2) is 5.75 Å². The number of rotatable bonds is 8. The summed E-state index contributed by atoms with van der Waals surface area (Å²) in [6, 6.07) is 4.60. The number of aryl methyl sites for hydroxylation is 1. The van der Waals surface area contributed by atoms with E-state index in [2.05, 4.69) is 19.6 Å². The van der Waals surface area contributed by atoms with Crippen LogP contribution in [0.15, 0.2) is 28.4 Å². The Morgan fingerprint density at radius 1 is 1.21 bits per heavy atom. The first-order valence-corrected chi connectivity index (χ1v) is 10.6. The molecule has 2 aromatic rings. The van der Waals surface area contributed by atoms with Gasteiger partial charge in [0, 0.05) is 30.3 Å². The molecule has 0 aliphatic heterocycles. The van der Waals surface area contributed by atoms with Crippen LogP contribution in [0.3, 0.4) is 0 Å². The molecule has 2 rings (SSSR count). The van der Waals surface area contributed by atoms with Gasteiger partial charge in [-0.3, -0.25) is 4.72 Å². The number of benzene rings is 1. The van der Waals surface area contributed by atoms with Gasteiger partial charge in [0.1, 0.15) is 11.5 Å². The lowest BCUT2D eigenvalue weighted by molar-refractivity contribution is -0.106. The molecule has 13 heteroatoms. The predicted molar refractivity (Wildman–Crippen MR) is 102 cm³/mol. The second-order valence-corrected chi connectivity index (χ2v) is 8.13. The summed E-state index contributed by atoms with van der Waals surface area (Å²) in [5, 5.41) is 8.05. The average molecular weight is 436 g/mol. The number of hydrogen-bond donors (Lipinski definition) is 1. The maximum atomic E-state index is 12.6. The first-order valence-electron chi connectivity index (χ1n) is 8.21. The van der Waals surface area contributed by atoms with Crippen LogP contribution in [0.2, 0.25) is 0 Å². The lowest BCUT2D eigenvalue weighted by atomic mass is 10.2. The van der Waals surface area contributed by atoms with Gasteiger partial charge in [0.2, 0.25) is 15.2 Å². The third-order valence-corrected chi connectivity index (χ3v) is 5.42. The van der Waals surface area contributed by atoms with E-state index >= 15 is 0 Å². The summed E-state index contributed by atoms with van der Waals surface area (Å²) in [6.07, 6.45) is -4.87. The fourth-order valence-corrected chi connectivity index (χ4v) is 3.83. The minimum absolute atomic E-state index is 0.0644. The zero-order valence-corrected chi connectivity index (χ0v) is 17.0. The fraction of sp³-hybridized carbons (Fsp3) is 0.467. The molecule has 0 aliphatic carbocycles. The van der Waals surface area contributed by atoms with E-state index in [1.165, 1.54) is 12.1 Å². The molecule has 1 heterocycles. The standard InChI is InChI=1S/C15H19F3N6O2S2/c1-4-24(5-2)11-6-7-12(20-21-14-19-10(3)22-27-14)13(8-11)23-28(25,26)9-15(16,17)18/h6-8,23H,4-5,9H2,1-3H3. The molecule has 1 aromatic heterocycles. The molecule has 28 heavy (non-hydrogen) atoms. The number of anilines is 2. The molecule has 0 bridgehead atoms. The van der Waals surface area contributed by atoms with Crippen LogP contribution in [0.4, 0.5) is 35.4 Å². The molecule has 0 amide bonds. The van der Waals surface area contributed by atoms with E-state index in [-0.39, 0.29) is 16.5 Å². The number of nitrogens with one attached hydrogen (secondary N) is 1. The number of sulfonamides is 1. The van der Waals surface area contributed by atoms with Gasteiger partial charge >= 0.3 is 6.18 Å². The zero-order chi connectivity index (χ0) is 20.9. The highest BCUT2D eigenvalue weighted by molar-refractivity contribution is 7.92. The number of aromatic nitrogens is 2. The Labute approximate surface area is 164 Å². The highest BCUT2D eigenvalue weighted by Gasteiger charge is 2.35. The molecule has 0 unspecified atom stereocenters. The highest BCUT2D eigenvalue weighted by atomic mass is 32.2. The van der Waals surface area contributed by atoms with Gasteiger partial charge < -0.3 is 4.90 Å². The molecule has 0 radical (unpaired) electrons. The number of alkyl halides is 3. The van der Waals surface area contributed by atoms with Crippen LogP contribution in [0.1, 0.15) is 19.7 Å². The van der Waals surface area contributed by atoms with E-state index in [1.807, 2.05) is 23.5 Å². The molecule has 8 nitrogen and oxygen atoms in total. The average Bonchev–Trinajstić information content (AvgIpc) is 2.98. The summed E-state index contributed by atoms with van der Waals surface area (Å²) in [7, 11) is -4.67. The molecule has 1 aromatic carbocycles. The second kappa shape index (κ2) is 8.82. The van der Waals surface area contributed by atoms with E-state index in [9.17, 15) is 21.6 Å². The summed E-state index contributed by atoms with van der Waals surface area (Å²) in [5.41, 5.74) is 0.605. The van der Waals surface area contributed by atoms with Crippen LogP contribution < -0.4 is 9.62 Å². The van der Waals surface area contributed by atoms with Gasteiger partial charge in [0.05, 0.1) is 5.69 Å². The number of nitrogens with zero attached hydrogens (tertiary/aromatic N) is 5. The van der Waals surface area contributed by atoms with Crippen LogP contribution in [-0.4, -0.2) is 42.8 Å². The van der Waals surface area contributed by atoms with Crippen molar-refractivity contribution < 1.29 is 21.6 Å². The summed E-state index contributed by atoms with van der Waals surface area (Å²) in [4.78, 5) is 5.92. The van der Waals surface area contributed by atoms with Gasteiger partial charge in [-0.15, -0.1) is 10.2 Å². The molecule has 0 aliphatic rings. The van der Waals surface area contributed by atoms with E-state index in [0.717, 1.165) is 11.5 Å². The molecule has 0 atom stereocenters. The third-order valence-electron chi connectivity index (χ3n) is 3.49. The maximum Gasteiger partial charge on any atom is 0.404 e. The van der Waals surface area contributed by atoms with Gasteiger partial charge in [-0.05, 0) is 39.0 Å². The Hall–Kier alpha value is -2.28. The molecular formula is C15H19F3N6O2S2. The molecular weight excluding hydrogens is 417 g/mol. The minimum Gasteiger partial charge on any atom is -0.372 e. The lowest BCUT2D eigenvalue weighted by Crippen LogP contribution is -2.28. The highest BCUT2D eigenvalue weighted by Crippen LogP contribution is 2.33. The summed E-state index contributed by atoms with van der Waals surface area (Å²) < 4.78 is 67.4. The van der Waals surface area contributed by atoms with Crippen molar-refractivity contribution in [3.63, 3.8) is 0 Å². The van der Waals surface area contributed by atoms with E-state index in [4.69, 9.17) is 0 Å². The first-order chi connectivity index (χ1) is 13.0. The van der Waals surface area contributed by atoms with Crippen LogP contribution >= 0.6 is 11.5 Å². The van der Waals surface area contributed by atoms with Crippen LogP contribution in [-0.2, 0) is 10.0 Å². The van der Waals surface area contributed by atoms with Crippen molar-refractivity contribution in [2.24, 2.45) is 10.2 Å². The fourth-order valence-electron chi connectivity index (χ4n) is 2.32. The van der Waals surface area contributed by atoms with E-state index in [1.54, 1.807) is 13.0 Å². The Bertz CT molecular complexity index is 939. The Morgan fingerprint density at radius 3 is 2.43 bits per heavy atom. The quantitative estimate of drug-likeness (QED) is 0.618. The van der Waals surface area contributed by atoms with Gasteiger partial charge in [-0.25, -0.2) is 13.4 Å². The maximum absolute atomic E-state index is 12.6. The number of azo groups is 1. The summed E-state index contributed by atoms with van der Waals surface area (Å²) in [5.74, 6) is -1.50. The normalized spacial score (nSPS) is 12.5. The molecule has 0 saturated carbocycles. The van der Waals surface area contributed by atoms with Gasteiger partial charge in [0.25, 0.3) is 0 Å². The SMILES string of the molecule is CCN(CC)c1ccc(N=Nc2nc(C)ns2)c(NS(=O)(=O)CC(F)(F)F)c1. The van der Waals surface area contributed by atoms with Crippen LogP contribution in [0.25, 0.3) is 0 Å². The number of halogens is 3. The predicted octanol–water partition coefficient (Wildman–Crippen LogP) is 4.41. The van der Waals surface area contributed by atoms with E-state index < -0.39 is 22.0 Å². The summed E-state index contributed by atoms with van der Waals surface area (Å²) in [6.45, 7) is 6.75. The lowest BCUT2D eigenvalue weighted by Gasteiger charge is -2.22. The Morgan fingerprint density at radius 2 is 1.89 bits per heavy atom. The monoisotopic (exact) mass is 436 g/mol. The van der Waals surface area contributed by atoms with Crippen molar-refractivity contribution in [3.05, 3.63) is 24.0 Å². The van der Waals surface area contributed by atoms with Gasteiger partial charge in [-0.2, -0.15) is 17.5 Å². The summed E-state index contributed by atoms with van der Waals surface area (Å²) >= 11 is 0.994. The topological polar surface area (TPSA) is 99.9 Å². The minimum atomic E-state index is -4.87. The Kier molecular flexibility index (Phi) is 6.93. The van der Waals surface area contributed by atoms with Crippen molar-refractivity contribution in [1.82, 2.24) is 9.36 Å². The molecule has 0 spiro atoms. The van der Waals surface area contributed by atoms with Crippen LogP contribution in [0, 0.1) is 6.92 Å². The van der Waals surface area contributed by atoms with Crippen LogP contribution in [0.5, 0.6) is 0 Å². The molecule has 154 valence electrons. The van der Waals surface area contributed by atoms with Gasteiger partial charge in [-0.1, -0.05) is 0 Å². The molecule has 0 saturated heterocycles. The first kappa shape index (κ1) is 22.0. The van der Waals surface area contributed by atoms with Crippen molar-refractivity contribution in [1.29, 1.82) is 0 Å². The zero-order valence-electron chi connectivity index (χ0n) is 15.4.